The number of hydrogen-bond donors (Lipinski definition) is 1. The number of hydrogen-bond acceptors (Lipinski definition) is 3. The lowest BCUT2D eigenvalue weighted by molar-refractivity contribution is -0.128. The summed E-state index contributed by atoms with van der Waals surface area (Å²) in [4.78, 5) is 25.1. The fraction of sp³-hybridized carbons (Fsp3) is 0.154. The van der Waals surface area contributed by atoms with Crippen molar-refractivity contribution >= 4 is 23.1 Å². The van der Waals surface area contributed by atoms with Crippen molar-refractivity contribution in [1.82, 2.24) is 0 Å². The van der Waals surface area contributed by atoms with E-state index in [1.807, 2.05) is 79.7 Å². The van der Waals surface area contributed by atoms with E-state index < -0.39 is 0 Å². The number of amides is 1. The van der Waals surface area contributed by atoms with Gasteiger partial charge in [-0.1, -0.05) is 54.6 Å². The van der Waals surface area contributed by atoms with Gasteiger partial charge in [-0.05, 0) is 66.3 Å². The van der Waals surface area contributed by atoms with Gasteiger partial charge in [0.15, 0.2) is 0 Å². The van der Waals surface area contributed by atoms with Crippen LogP contribution < -0.4 is 10.1 Å². The van der Waals surface area contributed by atoms with Crippen molar-refractivity contribution in [3.05, 3.63) is 101 Å². The minimum absolute atomic E-state index is 0.0512. The third kappa shape index (κ3) is 4.66. The molecule has 3 aromatic rings. The van der Waals surface area contributed by atoms with Gasteiger partial charge in [0.1, 0.15) is 5.75 Å². The second-order valence-electron chi connectivity index (χ2n) is 7.43. The first kappa shape index (κ1) is 19.6. The Balaban J connectivity index is 1.42. The average molecular weight is 397 g/mol. The van der Waals surface area contributed by atoms with Crippen molar-refractivity contribution in [2.75, 3.05) is 5.32 Å². The van der Waals surface area contributed by atoms with E-state index in [4.69, 9.17) is 4.74 Å². The Kier molecular flexibility index (Phi) is 5.75. The van der Waals surface area contributed by atoms with E-state index in [0.29, 0.717) is 36.3 Å². The molecule has 1 amide bonds. The van der Waals surface area contributed by atoms with Crippen molar-refractivity contribution in [3.63, 3.8) is 0 Å². The number of ether oxygens (including phenoxy) is 1. The third-order valence-corrected chi connectivity index (χ3v) is 5.11. The van der Waals surface area contributed by atoms with Gasteiger partial charge in [-0.2, -0.15) is 0 Å². The molecule has 0 saturated carbocycles. The van der Waals surface area contributed by atoms with Crippen LogP contribution in [0.25, 0.3) is 5.57 Å². The summed E-state index contributed by atoms with van der Waals surface area (Å²) in [5.41, 5.74) is 5.24. The number of anilines is 1. The lowest BCUT2D eigenvalue weighted by atomic mass is 10.0. The Morgan fingerprint density at radius 1 is 0.967 bits per heavy atom. The molecule has 0 aliphatic heterocycles. The predicted molar refractivity (Wildman–Crippen MR) is 118 cm³/mol. The maximum atomic E-state index is 12.7. The summed E-state index contributed by atoms with van der Waals surface area (Å²) in [7, 11) is 0. The Morgan fingerprint density at radius 2 is 1.80 bits per heavy atom. The summed E-state index contributed by atoms with van der Waals surface area (Å²) in [6, 6.07) is 23.0. The van der Waals surface area contributed by atoms with Crippen LogP contribution in [0, 0.1) is 6.92 Å². The van der Waals surface area contributed by atoms with E-state index in [1.165, 1.54) is 0 Å². The van der Waals surface area contributed by atoms with Crippen LogP contribution in [-0.4, -0.2) is 11.9 Å². The molecule has 30 heavy (non-hydrogen) atoms. The molecule has 0 radical (unpaired) electrons. The van der Waals surface area contributed by atoms with Gasteiger partial charge < -0.3 is 10.1 Å². The normalized spacial score (nSPS) is 12.1. The highest BCUT2D eigenvalue weighted by Crippen LogP contribution is 2.31. The van der Waals surface area contributed by atoms with Crippen molar-refractivity contribution in [3.8, 4) is 5.75 Å². The maximum absolute atomic E-state index is 12.7. The minimum atomic E-state index is -0.382. The molecule has 4 rings (SSSR count). The summed E-state index contributed by atoms with van der Waals surface area (Å²) >= 11 is 0. The summed E-state index contributed by atoms with van der Waals surface area (Å²) in [5, 5.41) is 2.94. The molecule has 1 aliphatic rings. The SMILES string of the molecule is Cc1cccc(OC(=O)C2=CCc3ccc(NC(=O)CCc4ccccc4)cc32)c1. The van der Waals surface area contributed by atoms with Crippen LogP contribution >= 0.6 is 0 Å². The fourth-order valence-corrected chi connectivity index (χ4v) is 3.57. The zero-order valence-electron chi connectivity index (χ0n) is 16.9. The number of nitrogens with one attached hydrogen (secondary N) is 1. The smallest absolute Gasteiger partial charge is 0.343 e. The molecule has 4 nitrogen and oxygen atoms in total. The van der Waals surface area contributed by atoms with Crippen LogP contribution in [0.5, 0.6) is 5.75 Å². The number of carbonyl (C=O) groups is 2. The van der Waals surface area contributed by atoms with Gasteiger partial charge in [-0.3, -0.25) is 4.79 Å². The van der Waals surface area contributed by atoms with Gasteiger partial charge in [0, 0.05) is 12.1 Å². The lowest BCUT2D eigenvalue weighted by Gasteiger charge is -2.10. The van der Waals surface area contributed by atoms with E-state index in [2.05, 4.69) is 5.32 Å². The van der Waals surface area contributed by atoms with Crippen LogP contribution in [0.4, 0.5) is 5.69 Å². The standard InChI is InChI=1S/C26H23NO3/c1-18-6-5-9-22(16-18)30-26(29)23-14-12-20-11-13-21(17-24(20)23)27-25(28)15-10-19-7-3-2-4-8-19/h2-9,11,13-14,16-17H,10,12,15H2,1H3,(H,27,28). The second kappa shape index (κ2) is 8.78. The van der Waals surface area contributed by atoms with Crippen molar-refractivity contribution in [2.24, 2.45) is 0 Å². The number of benzene rings is 3. The highest BCUT2D eigenvalue weighted by atomic mass is 16.5. The number of esters is 1. The van der Waals surface area contributed by atoms with E-state index >= 15 is 0 Å². The quantitative estimate of drug-likeness (QED) is 0.464. The van der Waals surface area contributed by atoms with E-state index in [-0.39, 0.29) is 11.9 Å². The summed E-state index contributed by atoms with van der Waals surface area (Å²) < 4.78 is 5.55. The van der Waals surface area contributed by atoms with Crippen LogP contribution in [-0.2, 0) is 22.4 Å². The Hall–Kier alpha value is -3.66. The Bertz CT molecular complexity index is 1120. The van der Waals surface area contributed by atoms with Gasteiger partial charge >= 0.3 is 5.97 Å². The first-order valence-electron chi connectivity index (χ1n) is 10.0. The molecule has 0 atom stereocenters. The zero-order chi connectivity index (χ0) is 20.9. The first-order chi connectivity index (χ1) is 14.6. The Morgan fingerprint density at radius 3 is 2.60 bits per heavy atom. The van der Waals surface area contributed by atoms with Gasteiger partial charge in [0.2, 0.25) is 5.91 Å². The Labute approximate surface area is 176 Å². The molecule has 0 spiro atoms. The molecule has 0 heterocycles. The van der Waals surface area contributed by atoms with Crippen LogP contribution in [0.1, 0.15) is 28.7 Å². The van der Waals surface area contributed by atoms with Crippen LogP contribution in [0.15, 0.2) is 78.9 Å². The molecule has 0 aromatic heterocycles. The summed E-state index contributed by atoms with van der Waals surface area (Å²) in [5.74, 6) is 0.0938. The van der Waals surface area contributed by atoms with Crippen LogP contribution in [0.2, 0.25) is 0 Å². The van der Waals surface area contributed by atoms with Crippen molar-refractivity contribution < 1.29 is 14.3 Å². The average Bonchev–Trinajstić information content (AvgIpc) is 3.16. The van der Waals surface area contributed by atoms with Gasteiger partial charge in [0.05, 0.1) is 5.57 Å². The number of fused-ring (bicyclic) bond motifs is 1. The van der Waals surface area contributed by atoms with Gasteiger partial charge in [-0.25, -0.2) is 4.79 Å². The molecule has 4 heteroatoms. The van der Waals surface area contributed by atoms with Crippen molar-refractivity contribution in [1.29, 1.82) is 0 Å². The first-order valence-corrected chi connectivity index (χ1v) is 10.0. The fourth-order valence-electron chi connectivity index (χ4n) is 3.57. The highest BCUT2D eigenvalue weighted by molar-refractivity contribution is 6.19. The van der Waals surface area contributed by atoms with Gasteiger partial charge in [0.25, 0.3) is 0 Å². The van der Waals surface area contributed by atoms with Crippen molar-refractivity contribution in [2.45, 2.75) is 26.2 Å². The number of rotatable bonds is 6. The third-order valence-electron chi connectivity index (χ3n) is 5.11. The molecular formula is C26H23NO3. The largest absolute Gasteiger partial charge is 0.423 e. The highest BCUT2D eigenvalue weighted by Gasteiger charge is 2.22. The maximum Gasteiger partial charge on any atom is 0.343 e. The molecular weight excluding hydrogens is 374 g/mol. The molecule has 150 valence electrons. The molecule has 1 aliphatic carbocycles. The molecule has 0 bridgehead atoms. The number of carbonyl (C=O) groups excluding carboxylic acids is 2. The molecule has 0 saturated heterocycles. The number of aryl methyl sites for hydroxylation is 2. The predicted octanol–water partition coefficient (Wildman–Crippen LogP) is 5.11. The molecule has 0 fully saturated rings. The van der Waals surface area contributed by atoms with Crippen LogP contribution in [0.3, 0.4) is 0 Å². The minimum Gasteiger partial charge on any atom is -0.423 e. The monoisotopic (exact) mass is 397 g/mol. The topological polar surface area (TPSA) is 55.4 Å². The second-order valence-corrected chi connectivity index (χ2v) is 7.43. The van der Waals surface area contributed by atoms with E-state index in [9.17, 15) is 9.59 Å². The lowest BCUT2D eigenvalue weighted by Crippen LogP contribution is -2.13. The molecule has 0 unspecified atom stereocenters. The van der Waals surface area contributed by atoms with Gasteiger partial charge in [-0.15, -0.1) is 0 Å². The molecule has 1 N–H and O–H groups in total. The van der Waals surface area contributed by atoms with E-state index in [1.54, 1.807) is 6.07 Å². The number of allylic oxidation sites excluding steroid dienone is 1. The summed E-state index contributed by atoms with van der Waals surface area (Å²) in [6.07, 6.45) is 3.64. The van der Waals surface area contributed by atoms with E-state index in [0.717, 1.165) is 22.3 Å². The molecule has 3 aromatic carbocycles. The summed E-state index contributed by atoms with van der Waals surface area (Å²) in [6.45, 7) is 1.95. The zero-order valence-corrected chi connectivity index (χ0v) is 16.9.